The molecule has 0 radical (unpaired) electrons. The fourth-order valence-corrected chi connectivity index (χ4v) is 3.23. The van der Waals surface area contributed by atoms with Crippen LogP contribution < -0.4 is 14.5 Å². The van der Waals surface area contributed by atoms with Crippen LogP contribution in [0, 0.1) is 6.92 Å². The lowest BCUT2D eigenvalue weighted by atomic mass is 10.3. The Labute approximate surface area is 147 Å². The molecule has 0 amide bonds. The van der Waals surface area contributed by atoms with Crippen LogP contribution in [0.1, 0.15) is 17.0 Å². The van der Waals surface area contributed by atoms with Gasteiger partial charge in [0.15, 0.2) is 0 Å². The van der Waals surface area contributed by atoms with Crippen LogP contribution in [0.3, 0.4) is 0 Å². The topological polar surface area (TPSA) is 96.2 Å². The number of anilines is 2. The van der Waals surface area contributed by atoms with Gasteiger partial charge in [-0.05, 0) is 13.0 Å². The molecule has 10 heteroatoms. The molecule has 9 nitrogen and oxygen atoms in total. The predicted molar refractivity (Wildman–Crippen MR) is 96.1 cm³/mol. The molecule has 0 unspecified atom stereocenters. The first-order chi connectivity index (χ1) is 11.7. The summed E-state index contributed by atoms with van der Waals surface area (Å²) >= 11 is 0. The Bertz CT molecular complexity index is 876. The summed E-state index contributed by atoms with van der Waals surface area (Å²) in [5.74, 6) is 1.60. The van der Waals surface area contributed by atoms with Crippen molar-refractivity contribution in [1.29, 1.82) is 0 Å². The fraction of sp³-hybridized carbons (Fsp3) is 0.533. The first kappa shape index (κ1) is 17.6. The summed E-state index contributed by atoms with van der Waals surface area (Å²) in [7, 11) is 0.699. The van der Waals surface area contributed by atoms with E-state index in [1.54, 1.807) is 0 Å². The standard InChI is InChI=1S/C15H23N7O2S/c1-11-8-16-15(18-14(11)20(2)3)21-5-6-22-13(10-21)7-12(19-22)9-17-25(4,23)24/h7-8,17H,5-6,9-10H2,1-4H3. The van der Waals surface area contributed by atoms with E-state index in [4.69, 9.17) is 0 Å². The number of nitrogens with zero attached hydrogens (tertiary/aromatic N) is 6. The molecule has 0 aliphatic carbocycles. The van der Waals surface area contributed by atoms with Crippen LogP contribution in [0.4, 0.5) is 11.8 Å². The third-order valence-corrected chi connectivity index (χ3v) is 4.67. The molecule has 0 spiro atoms. The van der Waals surface area contributed by atoms with E-state index < -0.39 is 10.0 Å². The van der Waals surface area contributed by atoms with Crippen molar-refractivity contribution < 1.29 is 8.42 Å². The van der Waals surface area contributed by atoms with E-state index in [9.17, 15) is 8.42 Å². The molecular weight excluding hydrogens is 342 g/mol. The van der Waals surface area contributed by atoms with Gasteiger partial charge in [-0.3, -0.25) is 4.68 Å². The van der Waals surface area contributed by atoms with Crippen molar-refractivity contribution in [3.8, 4) is 0 Å². The molecule has 0 saturated carbocycles. The first-order valence-corrected chi connectivity index (χ1v) is 9.88. The van der Waals surface area contributed by atoms with Gasteiger partial charge in [-0.2, -0.15) is 10.1 Å². The lowest BCUT2D eigenvalue weighted by Crippen LogP contribution is -2.35. The maximum atomic E-state index is 11.2. The Morgan fingerprint density at radius 2 is 2.08 bits per heavy atom. The Hall–Kier alpha value is -2.20. The minimum atomic E-state index is -3.23. The molecule has 25 heavy (non-hydrogen) atoms. The van der Waals surface area contributed by atoms with Crippen LogP contribution in [-0.2, 0) is 29.7 Å². The Morgan fingerprint density at radius 1 is 1.32 bits per heavy atom. The largest absolute Gasteiger partial charge is 0.362 e. The summed E-state index contributed by atoms with van der Waals surface area (Å²) < 4.78 is 26.8. The highest BCUT2D eigenvalue weighted by atomic mass is 32.2. The van der Waals surface area contributed by atoms with Crippen molar-refractivity contribution in [2.24, 2.45) is 0 Å². The van der Waals surface area contributed by atoms with E-state index in [2.05, 4.69) is 24.7 Å². The number of rotatable bonds is 5. The number of aromatic nitrogens is 4. The van der Waals surface area contributed by atoms with Gasteiger partial charge < -0.3 is 9.80 Å². The van der Waals surface area contributed by atoms with Crippen LogP contribution in [0.5, 0.6) is 0 Å². The second-order valence-electron chi connectivity index (χ2n) is 6.44. The molecule has 0 atom stereocenters. The van der Waals surface area contributed by atoms with Crippen LogP contribution in [0.25, 0.3) is 0 Å². The average Bonchev–Trinajstić information content (AvgIpc) is 2.94. The van der Waals surface area contributed by atoms with E-state index in [0.29, 0.717) is 24.7 Å². The molecular formula is C15H23N7O2S. The Kier molecular flexibility index (Phi) is 4.65. The third-order valence-electron chi connectivity index (χ3n) is 4.00. The number of aryl methyl sites for hydroxylation is 1. The van der Waals surface area contributed by atoms with E-state index in [-0.39, 0.29) is 6.54 Å². The fourth-order valence-electron chi connectivity index (χ4n) is 2.82. The molecule has 3 rings (SSSR count). The zero-order chi connectivity index (χ0) is 18.2. The number of fused-ring (bicyclic) bond motifs is 1. The molecule has 0 aromatic carbocycles. The van der Waals surface area contributed by atoms with Gasteiger partial charge in [-0.15, -0.1) is 0 Å². The number of nitrogens with one attached hydrogen (secondary N) is 1. The van der Waals surface area contributed by atoms with Gasteiger partial charge in [0.2, 0.25) is 16.0 Å². The van der Waals surface area contributed by atoms with Gasteiger partial charge in [-0.25, -0.2) is 18.1 Å². The molecule has 0 bridgehead atoms. The molecule has 1 aliphatic rings. The Morgan fingerprint density at radius 3 is 2.76 bits per heavy atom. The molecule has 3 heterocycles. The van der Waals surface area contributed by atoms with Crippen molar-refractivity contribution in [3.05, 3.63) is 29.2 Å². The molecule has 1 N–H and O–H groups in total. The van der Waals surface area contributed by atoms with Gasteiger partial charge >= 0.3 is 0 Å². The monoisotopic (exact) mass is 365 g/mol. The Balaban J connectivity index is 1.77. The molecule has 2 aromatic heterocycles. The van der Waals surface area contributed by atoms with E-state index in [1.807, 2.05) is 42.9 Å². The minimum absolute atomic E-state index is 0.199. The molecule has 0 fully saturated rings. The van der Waals surface area contributed by atoms with Gasteiger partial charge in [-0.1, -0.05) is 0 Å². The summed E-state index contributed by atoms with van der Waals surface area (Å²) in [4.78, 5) is 13.2. The quantitative estimate of drug-likeness (QED) is 0.804. The van der Waals surface area contributed by atoms with E-state index >= 15 is 0 Å². The highest BCUT2D eigenvalue weighted by molar-refractivity contribution is 7.88. The highest BCUT2D eigenvalue weighted by Gasteiger charge is 2.21. The first-order valence-electron chi connectivity index (χ1n) is 7.99. The summed E-state index contributed by atoms with van der Waals surface area (Å²) in [6.07, 6.45) is 2.98. The third kappa shape index (κ3) is 4.07. The molecule has 0 saturated heterocycles. The van der Waals surface area contributed by atoms with Gasteiger partial charge in [0, 0.05) is 32.4 Å². The number of hydrogen-bond donors (Lipinski definition) is 1. The lowest BCUT2D eigenvalue weighted by molar-refractivity contribution is 0.509. The summed E-state index contributed by atoms with van der Waals surface area (Å²) in [5, 5.41) is 4.46. The summed E-state index contributed by atoms with van der Waals surface area (Å²) in [6.45, 7) is 4.30. The van der Waals surface area contributed by atoms with Crippen LogP contribution >= 0.6 is 0 Å². The van der Waals surface area contributed by atoms with Gasteiger partial charge in [0.1, 0.15) is 5.82 Å². The van der Waals surface area contributed by atoms with Crippen molar-refractivity contribution in [3.63, 3.8) is 0 Å². The van der Waals surface area contributed by atoms with Crippen molar-refractivity contribution in [1.82, 2.24) is 24.5 Å². The molecule has 136 valence electrons. The molecule has 2 aromatic rings. The van der Waals surface area contributed by atoms with Gasteiger partial charge in [0.05, 0.1) is 37.3 Å². The predicted octanol–water partition coefficient (Wildman–Crippen LogP) is 0.117. The zero-order valence-electron chi connectivity index (χ0n) is 14.9. The van der Waals surface area contributed by atoms with E-state index in [0.717, 1.165) is 29.9 Å². The summed E-state index contributed by atoms with van der Waals surface area (Å²) in [5.41, 5.74) is 2.76. The average molecular weight is 365 g/mol. The molecule has 1 aliphatic heterocycles. The summed E-state index contributed by atoms with van der Waals surface area (Å²) in [6, 6.07) is 1.92. The second kappa shape index (κ2) is 6.60. The highest BCUT2D eigenvalue weighted by Crippen LogP contribution is 2.22. The van der Waals surface area contributed by atoms with Crippen molar-refractivity contribution in [2.75, 3.05) is 36.7 Å². The van der Waals surface area contributed by atoms with E-state index in [1.165, 1.54) is 0 Å². The van der Waals surface area contributed by atoms with Crippen molar-refractivity contribution >= 4 is 21.8 Å². The smallest absolute Gasteiger partial charge is 0.227 e. The van der Waals surface area contributed by atoms with Crippen molar-refractivity contribution in [2.45, 2.75) is 26.6 Å². The SMILES string of the molecule is Cc1cnc(N2CCn3nc(CNS(C)(=O)=O)cc3C2)nc1N(C)C. The van der Waals surface area contributed by atoms with Gasteiger partial charge in [0.25, 0.3) is 0 Å². The number of sulfonamides is 1. The second-order valence-corrected chi connectivity index (χ2v) is 8.27. The maximum absolute atomic E-state index is 11.2. The van der Waals surface area contributed by atoms with Crippen LogP contribution in [0.2, 0.25) is 0 Å². The van der Waals surface area contributed by atoms with Crippen LogP contribution in [0.15, 0.2) is 12.3 Å². The maximum Gasteiger partial charge on any atom is 0.227 e. The minimum Gasteiger partial charge on any atom is -0.362 e. The van der Waals surface area contributed by atoms with Crippen LogP contribution in [-0.4, -0.2) is 55.1 Å². The zero-order valence-corrected chi connectivity index (χ0v) is 15.7. The lowest BCUT2D eigenvalue weighted by Gasteiger charge is -2.28. The number of hydrogen-bond acceptors (Lipinski definition) is 7. The normalized spacial score (nSPS) is 14.5.